The summed E-state index contributed by atoms with van der Waals surface area (Å²) in [6.07, 6.45) is 4.76. The molecule has 1 saturated carbocycles. The predicted molar refractivity (Wildman–Crippen MR) is 119 cm³/mol. The Hall–Kier alpha value is -3.11. The highest BCUT2D eigenvalue weighted by Crippen LogP contribution is 2.22. The summed E-state index contributed by atoms with van der Waals surface area (Å²) in [5.74, 6) is -0.501. The van der Waals surface area contributed by atoms with Gasteiger partial charge in [0.1, 0.15) is 12.3 Å². The normalized spacial score (nSPS) is 15.0. The minimum atomic E-state index is -3.74. The molecule has 9 nitrogen and oxygen atoms in total. The Morgan fingerprint density at radius 1 is 1.12 bits per heavy atom. The molecule has 2 aromatic carbocycles. The van der Waals surface area contributed by atoms with Crippen LogP contribution < -0.4 is 20.5 Å². The van der Waals surface area contributed by atoms with E-state index in [2.05, 4.69) is 10.0 Å². The minimum Gasteiger partial charge on any atom is -0.497 e. The van der Waals surface area contributed by atoms with Crippen molar-refractivity contribution in [1.29, 1.82) is 0 Å². The smallest absolute Gasteiger partial charge is 0.420 e. The Kier molecular flexibility index (Phi) is 6.33. The number of carbonyl (C=O) groups is 1. The van der Waals surface area contributed by atoms with Gasteiger partial charge in [0.2, 0.25) is 15.9 Å². The van der Waals surface area contributed by atoms with E-state index in [0.29, 0.717) is 17.0 Å². The summed E-state index contributed by atoms with van der Waals surface area (Å²) in [5, 5.41) is 2.70. The van der Waals surface area contributed by atoms with Crippen LogP contribution in [0.4, 0.5) is 5.69 Å². The summed E-state index contributed by atoms with van der Waals surface area (Å²) >= 11 is 0. The van der Waals surface area contributed by atoms with Crippen LogP contribution in [-0.2, 0) is 21.4 Å². The zero-order valence-corrected chi connectivity index (χ0v) is 18.5. The average Bonchev–Trinajstić information content (AvgIpc) is 3.09. The lowest BCUT2D eigenvalue weighted by Crippen LogP contribution is -2.36. The highest BCUT2D eigenvalue weighted by molar-refractivity contribution is 7.89. The topological polar surface area (TPSA) is 120 Å². The number of fused-ring (bicyclic) bond motifs is 1. The van der Waals surface area contributed by atoms with Gasteiger partial charge in [-0.1, -0.05) is 19.3 Å². The van der Waals surface area contributed by atoms with Crippen molar-refractivity contribution in [3.8, 4) is 5.75 Å². The maximum absolute atomic E-state index is 12.8. The third kappa shape index (κ3) is 4.86. The summed E-state index contributed by atoms with van der Waals surface area (Å²) in [6, 6.07) is 10.9. The fourth-order valence-electron chi connectivity index (χ4n) is 3.89. The number of rotatable bonds is 7. The summed E-state index contributed by atoms with van der Waals surface area (Å²) in [5.41, 5.74) is 1.01. The van der Waals surface area contributed by atoms with Crippen molar-refractivity contribution >= 4 is 32.7 Å². The first-order chi connectivity index (χ1) is 15.4. The van der Waals surface area contributed by atoms with Crippen molar-refractivity contribution < 1.29 is 22.4 Å². The number of nitrogens with zero attached hydrogens (tertiary/aromatic N) is 1. The second-order valence-electron chi connectivity index (χ2n) is 7.82. The molecule has 4 rings (SSSR count). The largest absolute Gasteiger partial charge is 0.497 e. The van der Waals surface area contributed by atoms with E-state index in [1.807, 2.05) is 0 Å². The number of ether oxygens (including phenoxy) is 1. The Balaban J connectivity index is 1.51. The Morgan fingerprint density at radius 2 is 1.84 bits per heavy atom. The Bertz CT molecular complexity index is 1270. The molecule has 1 heterocycles. The molecule has 0 saturated heterocycles. The van der Waals surface area contributed by atoms with E-state index >= 15 is 0 Å². The van der Waals surface area contributed by atoms with Gasteiger partial charge in [-0.05, 0) is 49.2 Å². The van der Waals surface area contributed by atoms with Crippen molar-refractivity contribution in [3.63, 3.8) is 0 Å². The number of hydrogen-bond acceptors (Lipinski definition) is 6. The van der Waals surface area contributed by atoms with Crippen LogP contribution in [0.1, 0.15) is 32.1 Å². The molecule has 0 aliphatic heterocycles. The van der Waals surface area contributed by atoms with Gasteiger partial charge in [-0.3, -0.25) is 9.36 Å². The van der Waals surface area contributed by atoms with Gasteiger partial charge >= 0.3 is 5.76 Å². The summed E-state index contributed by atoms with van der Waals surface area (Å²) in [4.78, 5) is 24.8. The molecule has 0 unspecified atom stereocenters. The third-order valence-electron chi connectivity index (χ3n) is 5.55. The zero-order chi connectivity index (χ0) is 22.7. The molecule has 1 aromatic heterocycles. The fraction of sp³-hybridized carbons (Fsp3) is 0.364. The van der Waals surface area contributed by atoms with Crippen molar-refractivity contribution in [2.75, 3.05) is 12.4 Å². The molecule has 0 atom stereocenters. The number of anilines is 1. The lowest BCUT2D eigenvalue weighted by Gasteiger charge is -2.22. The van der Waals surface area contributed by atoms with Gasteiger partial charge in [0.25, 0.3) is 0 Å². The molecule has 1 aliphatic carbocycles. The van der Waals surface area contributed by atoms with Crippen LogP contribution in [0.25, 0.3) is 11.1 Å². The van der Waals surface area contributed by atoms with Crippen LogP contribution in [0.3, 0.4) is 0 Å². The van der Waals surface area contributed by atoms with Crippen LogP contribution in [0.15, 0.2) is 56.6 Å². The van der Waals surface area contributed by atoms with Crippen LogP contribution in [-0.4, -0.2) is 32.0 Å². The number of hydrogen-bond donors (Lipinski definition) is 2. The maximum Gasteiger partial charge on any atom is 0.420 e. The molecule has 2 N–H and O–H groups in total. The number of carbonyl (C=O) groups excluding carboxylic acids is 1. The molecular formula is C22H25N3O6S. The molecule has 0 radical (unpaired) electrons. The van der Waals surface area contributed by atoms with E-state index in [4.69, 9.17) is 9.15 Å². The van der Waals surface area contributed by atoms with Crippen molar-refractivity contribution in [2.24, 2.45) is 0 Å². The standard InChI is InChI=1S/C22H25N3O6S/c1-30-17-9-7-15(8-10-17)23-21(26)14-25-19-12-11-18(13-20(19)31-22(25)27)32(28,29)24-16-5-3-2-4-6-16/h7-13,16,24H,2-6,14H2,1H3,(H,23,26). The van der Waals surface area contributed by atoms with Crippen LogP contribution in [0, 0.1) is 0 Å². The van der Waals surface area contributed by atoms with Gasteiger partial charge in [0.15, 0.2) is 5.58 Å². The molecule has 0 spiro atoms. The van der Waals surface area contributed by atoms with Gasteiger partial charge in [0.05, 0.1) is 17.5 Å². The van der Waals surface area contributed by atoms with E-state index in [0.717, 1.165) is 32.1 Å². The second kappa shape index (κ2) is 9.17. The Morgan fingerprint density at radius 3 is 2.53 bits per heavy atom. The number of benzene rings is 2. The highest BCUT2D eigenvalue weighted by atomic mass is 32.2. The van der Waals surface area contributed by atoms with E-state index < -0.39 is 21.7 Å². The van der Waals surface area contributed by atoms with Gasteiger partial charge in [0, 0.05) is 17.8 Å². The van der Waals surface area contributed by atoms with E-state index in [1.54, 1.807) is 31.4 Å². The molecule has 170 valence electrons. The molecule has 1 fully saturated rings. The van der Waals surface area contributed by atoms with E-state index in [9.17, 15) is 18.0 Å². The molecule has 10 heteroatoms. The molecule has 0 bridgehead atoms. The lowest BCUT2D eigenvalue weighted by atomic mass is 9.96. The Labute approximate surface area is 185 Å². The monoisotopic (exact) mass is 459 g/mol. The number of aromatic nitrogens is 1. The average molecular weight is 460 g/mol. The molecule has 1 aliphatic rings. The molecule has 1 amide bonds. The molecular weight excluding hydrogens is 434 g/mol. The highest BCUT2D eigenvalue weighted by Gasteiger charge is 2.23. The van der Waals surface area contributed by atoms with Gasteiger partial charge in [-0.25, -0.2) is 17.9 Å². The van der Waals surface area contributed by atoms with Crippen LogP contribution >= 0.6 is 0 Å². The first-order valence-electron chi connectivity index (χ1n) is 10.5. The van der Waals surface area contributed by atoms with Crippen LogP contribution in [0.5, 0.6) is 5.75 Å². The maximum atomic E-state index is 12.8. The SMILES string of the molecule is COc1ccc(NC(=O)Cn2c(=O)oc3cc(S(=O)(=O)NC4CCCCC4)ccc32)cc1. The third-order valence-corrected chi connectivity index (χ3v) is 7.07. The number of methoxy groups -OCH3 is 1. The fourth-order valence-corrected chi connectivity index (χ4v) is 5.21. The summed E-state index contributed by atoms with van der Waals surface area (Å²) in [6.45, 7) is -0.274. The summed E-state index contributed by atoms with van der Waals surface area (Å²) < 4.78 is 39.7. The van der Waals surface area contributed by atoms with Crippen molar-refractivity contribution in [1.82, 2.24) is 9.29 Å². The quantitative estimate of drug-likeness (QED) is 0.561. The number of oxazole rings is 1. The number of sulfonamides is 1. The summed E-state index contributed by atoms with van der Waals surface area (Å²) in [7, 11) is -2.19. The van der Waals surface area contributed by atoms with Crippen molar-refractivity contribution in [3.05, 3.63) is 53.0 Å². The van der Waals surface area contributed by atoms with E-state index in [1.165, 1.54) is 22.8 Å². The lowest BCUT2D eigenvalue weighted by molar-refractivity contribution is -0.116. The van der Waals surface area contributed by atoms with Crippen molar-refractivity contribution in [2.45, 2.75) is 49.6 Å². The van der Waals surface area contributed by atoms with Crippen LogP contribution in [0.2, 0.25) is 0 Å². The number of nitrogens with one attached hydrogen (secondary N) is 2. The zero-order valence-electron chi connectivity index (χ0n) is 17.7. The molecule has 32 heavy (non-hydrogen) atoms. The second-order valence-corrected chi connectivity index (χ2v) is 9.53. The minimum absolute atomic E-state index is 0.0270. The molecule has 3 aromatic rings. The first kappa shape index (κ1) is 22.1. The van der Waals surface area contributed by atoms with Gasteiger partial charge in [-0.15, -0.1) is 0 Å². The van der Waals surface area contributed by atoms with Gasteiger partial charge in [-0.2, -0.15) is 0 Å². The first-order valence-corrected chi connectivity index (χ1v) is 11.9. The number of amides is 1. The van der Waals surface area contributed by atoms with E-state index in [-0.39, 0.29) is 23.1 Å². The van der Waals surface area contributed by atoms with Gasteiger partial charge < -0.3 is 14.5 Å². The predicted octanol–water partition coefficient (Wildman–Crippen LogP) is 2.85.